The summed E-state index contributed by atoms with van der Waals surface area (Å²) in [6.07, 6.45) is 1.26. The van der Waals surface area contributed by atoms with Crippen molar-refractivity contribution >= 4 is 50.3 Å². The molecule has 1 amide bonds. The molecule has 1 aromatic heterocycles. The van der Waals surface area contributed by atoms with E-state index in [0.717, 1.165) is 17.3 Å². The molecule has 0 saturated carbocycles. The summed E-state index contributed by atoms with van der Waals surface area (Å²) in [5.41, 5.74) is 1.76. The summed E-state index contributed by atoms with van der Waals surface area (Å²) in [7, 11) is -3.76. The fourth-order valence-corrected chi connectivity index (χ4v) is 5.95. The fraction of sp³-hybridized carbons (Fsp3) is 0.316. The van der Waals surface area contributed by atoms with Crippen molar-refractivity contribution < 1.29 is 13.2 Å². The number of hydrogen-bond acceptors (Lipinski definition) is 6. The molecule has 1 fully saturated rings. The minimum Gasteiger partial charge on any atom is -0.352 e. The van der Waals surface area contributed by atoms with E-state index in [1.165, 1.54) is 4.31 Å². The number of fused-ring (bicyclic) bond motifs is 1. The number of nitrogens with one attached hydrogen (secondary N) is 1. The topological polar surface area (TPSA) is 92.3 Å². The Balaban J connectivity index is 1.48. The molecule has 1 N–H and O–H groups in total. The zero-order valence-corrected chi connectivity index (χ0v) is 17.8. The molecule has 0 bridgehead atoms. The maximum atomic E-state index is 13.2. The minimum atomic E-state index is -3.76. The number of amides is 1. The van der Waals surface area contributed by atoms with Crippen LogP contribution in [0.1, 0.15) is 18.4 Å². The number of piperidine rings is 1. The number of hydrogen-bond donors (Lipinski definition) is 1. The van der Waals surface area contributed by atoms with Crippen LogP contribution in [0.2, 0.25) is 5.02 Å². The SMILES string of the molecule is O=C(NCc1ccccc1Cl)[C@H]1CCCN(S(=O)(=O)c2cccc3nsnc23)C1. The standard InChI is InChI=1S/C19H19ClN4O3S2/c20-15-7-2-1-5-13(15)11-21-19(25)14-6-4-10-24(12-14)29(26,27)17-9-3-8-16-18(17)23-28-22-16/h1-3,5,7-9,14H,4,6,10-12H2,(H,21,25)/t14-/m0/s1. The second kappa shape index (κ2) is 8.35. The summed E-state index contributed by atoms with van der Waals surface area (Å²) in [6.45, 7) is 0.834. The Bertz CT molecular complexity index is 1150. The number of carbonyl (C=O) groups is 1. The van der Waals surface area contributed by atoms with Gasteiger partial charge >= 0.3 is 0 Å². The van der Waals surface area contributed by atoms with Gasteiger partial charge in [-0.3, -0.25) is 4.79 Å². The van der Waals surface area contributed by atoms with Gasteiger partial charge < -0.3 is 5.32 Å². The molecule has 0 spiro atoms. The van der Waals surface area contributed by atoms with Crippen LogP contribution < -0.4 is 5.32 Å². The van der Waals surface area contributed by atoms with Crippen molar-refractivity contribution in [2.24, 2.45) is 5.92 Å². The van der Waals surface area contributed by atoms with Gasteiger partial charge in [-0.2, -0.15) is 13.1 Å². The summed E-state index contributed by atoms with van der Waals surface area (Å²) in [5, 5.41) is 3.47. The largest absolute Gasteiger partial charge is 0.352 e. The summed E-state index contributed by atoms with van der Waals surface area (Å²) in [5.74, 6) is -0.577. The van der Waals surface area contributed by atoms with Crippen LogP contribution in [0.3, 0.4) is 0 Å². The molecule has 1 aliphatic rings. The van der Waals surface area contributed by atoms with Crippen molar-refractivity contribution in [2.45, 2.75) is 24.3 Å². The zero-order chi connectivity index (χ0) is 20.4. The Kier molecular flexibility index (Phi) is 5.82. The fourth-order valence-electron chi connectivity index (χ4n) is 3.47. The van der Waals surface area contributed by atoms with Gasteiger partial charge in [-0.1, -0.05) is 35.9 Å². The van der Waals surface area contributed by atoms with Gasteiger partial charge in [0.15, 0.2) is 0 Å². The third kappa shape index (κ3) is 4.13. The second-order valence-electron chi connectivity index (χ2n) is 6.90. The number of benzene rings is 2. The van der Waals surface area contributed by atoms with Crippen LogP contribution >= 0.6 is 23.3 Å². The summed E-state index contributed by atoms with van der Waals surface area (Å²) in [6, 6.07) is 12.2. The van der Waals surface area contributed by atoms with E-state index >= 15 is 0 Å². The van der Waals surface area contributed by atoms with Crippen LogP contribution in [-0.2, 0) is 21.4 Å². The molecule has 4 rings (SSSR count). The summed E-state index contributed by atoms with van der Waals surface area (Å²) < 4.78 is 36.0. The predicted octanol–water partition coefficient (Wildman–Crippen LogP) is 3.06. The number of rotatable bonds is 5. The van der Waals surface area contributed by atoms with E-state index in [1.54, 1.807) is 24.3 Å². The van der Waals surface area contributed by atoms with Gasteiger partial charge in [0.1, 0.15) is 15.9 Å². The molecule has 29 heavy (non-hydrogen) atoms. The average molecular weight is 451 g/mol. The first-order chi connectivity index (χ1) is 14.0. The molecule has 0 unspecified atom stereocenters. The van der Waals surface area contributed by atoms with Gasteiger partial charge in [-0.25, -0.2) is 8.42 Å². The highest BCUT2D eigenvalue weighted by Gasteiger charge is 2.34. The van der Waals surface area contributed by atoms with Gasteiger partial charge in [-0.05, 0) is 36.6 Å². The first-order valence-electron chi connectivity index (χ1n) is 9.19. The highest BCUT2D eigenvalue weighted by molar-refractivity contribution is 7.89. The molecule has 10 heteroatoms. The smallest absolute Gasteiger partial charge is 0.245 e. The lowest BCUT2D eigenvalue weighted by atomic mass is 9.99. The Morgan fingerprint density at radius 1 is 1.21 bits per heavy atom. The molecule has 2 aromatic carbocycles. The second-order valence-corrected chi connectivity index (χ2v) is 9.74. The van der Waals surface area contributed by atoms with Crippen LogP contribution in [-0.4, -0.2) is 40.5 Å². The van der Waals surface area contributed by atoms with Crippen molar-refractivity contribution in [1.29, 1.82) is 0 Å². The molecule has 0 radical (unpaired) electrons. The first kappa shape index (κ1) is 20.2. The Hall–Kier alpha value is -2.07. The van der Waals surface area contributed by atoms with Crippen molar-refractivity contribution in [3.05, 3.63) is 53.1 Å². The molecular formula is C19H19ClN4O3S2. The van der Waals surface area contributed by atoms with Gasteiger partial charge in [0, 0.05) is 24.7 Å². The third-order valence-electron chi connectivity index (χ3n) is 5.03. The normalized spacial score (nSPS) is 18.0. The van der Waals surface area contributed by atoms with E-state index in [9.17, 15) is 13.2 Å². The van der Waals surface area contributed by atoms with Gasteiger partial charge in [0.2, 0.25) is 15.9 Å². The van der Waals surface area contributed by atoms with Crippen molar-refractivity contribution in [3.63, 3.8) is 0 Å². The lowest BCUT2D eigenvalue weighted by molar-refractivity contribution is -0.126. The quantitative estimate of drug-likeness (QED) is 0.644. The molecule has 1 aliphatic heterocycles. The molecule has 1 saturated heterocycles. The van der Waals surface area contributed by atoms with Crippen LogP contribution in [0.5, 0.6) is 0 Å². The van der Waals surface area contributed by atoms with Crippen molar-refractivity contribution in [1.82, 2.24) is 18.4 Å². The first-order valence-corrected chi connectivity index (χ1v) is 11.7. The van der Waals surface area contributed by atoms with Gasteiger partial charge in [0.05, 0.1) is 17.6 Å². The Morgan fingerprint density at radius 3 is 2.86 bits per heavy atom. The third-order valence-corrected chi connectivity index (χ3v) is 7.84. The average Bonchev–Trinajstić information content (AvgIpc) is 3.22. The molecule has 1 atom stereocenters. The minimum absolute atomic E-state index is 0.140. The van der Waals surface area contributed by atoms with E-state index in [4.69, 9.17) is 11.6 Å². The van der Waals surface area contributed by atoms with Crippen LogP contribution in [0.4, 0.5) is 0 Å². The Labute approximate surface area is 178 Å². The van der Waals surface area contributed by atoms with Crippen LogP contribution in [0.25, 0.3) is 11.0 Å². The van der Waals surface area contributed by atoms with Crippen LogP contribution in [0.15, 0.2) is 47.4 Å². The number of nitrogens with zero attached hydrogens (tertiary/aromatic N) is 3. The van der Waals surface area contributed by atoms with Crippen molar-refractivity contribution in [2.75, 3.05) is 13.1 Å². The summed E-state index contributed by atoms with van der Waals surface area (Å²) in [4.78, 5) is 12.8. The lowest BCUT2D eigenvalue weighted by Gasteiger charge is -2.31. The number of halogens is 1. The Morgan fingerprint density at radius 2 is 2.03 bits per heavy atom. The summed E-state index contributed by atoms with van der Waals surface area (Å²) >= 11 is 7.12. The maximum Gasteiger partial charge on any atom is 0.245 e. The lowest BCUT2D eigenvalue weighted by Crippen LogP contribution is -2.45. The molecule has 152 valence electrons. The number of carbonyl (C=O) groups excluding carboxylic acids is 1. The van der Waals surface area contributed by atoms with Crippen molar-refractivity contribution in [3.8, 4) is 0 Å². The molecule has 2 heterocycles. The monoisotopic (exact) mass is 450 g/mol. The van der Waals surface area contributed by atoms with Gasteiger partial charge in [-0.15, -0.1) is 0 Å². The zero-order valence-electron chi connectivity index (χ0n) is 15.4. The highest BCUT2D eigenvalue weighted by Crippen LogP contribution is 2.28. The van der Waals surface area contributed by atoms with Gasteiger partial charge in [0.25, 0.3) is 0 Å². The van der Waals surface area contributed by atoms with E-state index in [2.05, 4.69) is 14.1 Å². The number of aromatic nitrogens is 2. The van der Waals surface area contributed by atoms with E-state index in [1.807, 2.05) is 18.2 Å². The highest BCUT2D eigenvalue weighted by atomic mass is 35.5. The molecule has 7 nitrogen and oxygen atoms in total. The van der Waals surface area contributed by atoms with E-state index < -0.39 is 15.9 Å². The maximum absolute atomic E-state index is 13.2. The molecule has 3 aromatic rings. The van der Waals surface area contributed by atoms with E-state index in [0.29, 0.717) is 42.0 Å². The molecular weight excluding hydrogens is 432 g/mol. The van der Waals surface area contributed by atoms with Crippen LogP contribution in [0, 0.1) is 5.92 Å². The van der Waals surface area contributed by atoms with E-state index in [-0.39, 0.29) is 17.3 Å². The number of sulfonamides is 1. The predicted molar refractivity (Wildman–Crippen MR) is 112 cm³/mol. The molecule has 0 aliphatic carbocycles.